The molecule has 6 nitrogen and oxygen atoms in total. The molecule has 0 atom stereocenters. The van der Waals surface area contributed by atoms with Gasteiger partial charge in [-0.25, -0.2) is 4.79 Å². The molecule has 0 aromatic heterocycles. The van der Waals surface area contributed by atoms with Crippen LogP contribution in [0.25, 0.3) is 0 Å². The molecule has 6 heteroatoms. The van der Waals surface area contributed by atoms with Gasteiger partial charge in [0.05, 0.1) is 12.7 Å². The molecule has 0 fully saturated rings. The number of esters is 1. The van der Waals surface area contributed by atoms with Crippen molar-refractivity contribution in [3.8, 4) is 0 Å². The number of aryl methyl sites for hydroxylation is 1. The fraction of sp³-hybridized carbons (Fsp3) is 0.250. The lowest BCUT2D eigenvalue weighted by molar-refractivity contribution is -0.116. The summed E-state index contributed by atoms with van der Waals surface area (Å²) in [4.78, 5) is 37.2. The maximum atomic E-state index is 12.2. The highest BCUT2D eigenvalue weighted by molar-refractivity contribution is 5.96. The van der Waals surface area contributed by atoms with Gasteiger partial charge in [0.15, 0.2) is 0 Å². The van der Waals surface area contributed by atoms with E-state index < -0.39 is 5.97 Å². The smallest absolute Gasteiger partial charge is 0.337 e. The van der Waals surface area contributed by atoms with Crippen molar-refractivity contribution in [3.05, 3.63) is 65.2 Å². The van der Waals surface area contributed by atoms with Crippen LogP contribution in [0.5, 0.6) is 0 Å². The lowest BCUT2D eigenvalue weighted by Gasteiger charge is -2.21. The lowest BCUT2D eigenvalue weighted by Crippen LogP contribution is -2.37. The van der Waals surface area contributed by atoms with Gasteiger partial charge in [0.2, 0.25) is 5.91 Å². The molecule has 0 radical (unpaired) electrons. The summed E-state index contributed by atoms with van der Waals surface area (Å²) in [6, 6.07) is 13.9. The van der Waals surface area contributed by atoms with Gasteiger partial charge >= 0.3 is 5.97 Å². The molecule has 0 bridgehead atoms. The van der Waals surface area contributed by atoms with E-state index in [0.29, 0.717) is 29.9 Å². The average Bonchev–Trinajstić information content (AvgIpc) is 2.64. The first-order valence-electron chi connectivity index (χ1n) is 8.24. The number of methoxy groups -OCH3 is 1. The summed E-state index contributed by atoms with van der Waals surface area (Å²) in [6.07, 6.45) is 0. The Kier molecular flexibility index (Phi) is 6.49. The molecular weight excluding hydrogens is 332 g/mol. The minimum Gasteiger partial charge on any atom is -0.465 e. The van der Waals surface area contributed by atoms with Crippen LogP contribution in [0.4, 0.5) is 5.69 Å². The van der Waals surface area contributed by atoms with Crippen molar-refractivity contribution >= 4 is 23.5 Å². The van der Waals surface area contributed by atoms with Crippen LogP contribution in [0.1, 0.15) is 33.2 Å². The van der Waals surface area contributed by atoms with Gasteiger partial charge < -0.3 is 15.0 Å². The molecule has 0 heterocycles. The molecule has 136 valence electrons. The molecule has 0 aliphatic rings. The number of nitrogens with one attached hydrogen (secondary N) is 1. The van der Waals surface area contributed by atoms with E-state index in [0.717, 1.165) is 5.56 Å². The van der Waals surface area contributed by atoms with Crippen LogP contribution in [0.15, 0.2) is 48.5 Å². The van der Waals surface area contributed by atoms with E-state index in [-0.39, 0.29) is 11.8 Å². The topological polar surface area (TPSA) is 75.7 Å². The van der Waals surface area contributed by atoms with Gasteiger partial charge in [0.1, 0.15) is 0 Å². The zero-order valence-corrected chi connectivity index (χ0v) is 15.1. The molecule has 0 saturated carbocycles. The Labute approximate surface area is 152 Å². The van der Waals surface area contributed by atoms with E-state index in [1.54, 1.807) is 35.2 Å². The number of hydrogen-bond donors (Lipinski definition) is 1. The van der Waals surface area contributed by atoms with Gasteiger partial charge in [-0.05, 0) is 42.8 Å². The van der Waals surface area contributed by atoms with E-state index in [2.05, 4.69) is 10.1 Å². The third-order valence-corrected chi connectivity index (χ3v) is 3.99. The number of ether oxygens (including phenoxy) is 1. The van der Waals surface area contributed by atoms with Crippen LogP contribution < -0.4 is 10.2 Å². The molecule has 0 unspecified atom stereocenters. The van der Waals surface area contributed by atoms with Crippen LogP contribution in [0.3, 0.4) is 0 Å². The zero-order chi connectivity index (χ0) is 19.1. The number of rotatable bonds is 6. The molecule has 0 aliphatic heterocycles. The largest absolute Gasteiger partial charge is 0.465 e. The Morgan fingerprint density at radius 3 is 2.27 bits per heavy atom. The first kappa shape index (κ1) is 19.2. The molecule has 26 heavy (non-hydrogen) atoms. The molecule has 1 N–H and O–H groups in total. The predicted molar refractivity (Wildman–Crippen MR) is 99.3 cm³/mol. The Morgan fingerprint density at radius 1 is 1.04 bits per heavy atom. The van der Waals surface area contributed by atoms with Crippen molar-refractivity contribution in [2.45, 2.75) is 13.8 Å². The van der Waals surface area contributed by atoms with Crippen molar-refractivity contribution in [3.63, 3.8) is 0 Å². The molecule has 0 aliphatic carbocycles. The van der Waals surface area contributed by atoms with Crippen LogP contribution in [0.2, 0.25) is 0 Å². The van der Waals surface area contributed by atoms with Crippen LogP contribution in [-0.2, 0) is 9.53 Å². The van der Waals surface area contributed by atoms with Gasteiger partial charge in [-0.2, -0.15) is 0 Å². The summed E-state index contributed by atoms with van der Waals surface area (Å²) in [6.45, 7) is 3.97. The summed E-state index contributed by atoms with van der Waals surface area (Å²) in [5.74, 6) is -0.759. The number of carbonyl (C=O) groups excluding carboxylic acids is 3. The second kappa shape index (κ2) is 8.80. The predicted octanol–water partition coefficient (Wildman–Crippen LogP) is 2.56. The first-order valence-corrected chi connectivity index (χ1v) is 8.24. The van der Waals surface area contributed by atoms with Gasteiger partial charge in [0.25, 0.3) is 5.91 Å². The Hall–Kier alpha value is -3.15. The van der Waals surface area contributed by atoms with Crippen molar-refractivity contribution < 1.29 is 19.1 Å². The second-order valence-corrected chi connectivity index (χ2v) is 5.78. The van der Waals surface area contributed by atoms with E-state index in [4.69, 9.17) is 0 Å². The SMILES string of the molecule is COC(=O)c1ccc(N(CCNC(=O)c2ccccc2C)C(C)=O)cc1. The molecule has 2 aromatic rings. The fourth-order valence-electron chi connectivity index (χ4n) is 2.57. The number of anilines is 1. The summed E-state index contributed by atoms with van der Waals surface area (Å²) in [5, 5.41) is 2.83. The molecule has 0 spiro atoms. The normalized spacial score (nSPS) is 10.1. The molecule has 2 amide bonds. The van der Waals surface area contributed by atoms with Crippen LogP contribution >= 0.6 is 0 Å². The Balaban J connectivity index is 2.00. The highest BCUT2D eigenvalue weighted by Gasteiger charge is 2.14. The van der Waals surface area contributed by atoms with Gasteiger partial charge in [-0.1, -0.05) is 18.2 Å². The molecular formula is C20H22N2O4. The quantitative estimate of drug-likeness (QED) is 0.809. The third kappa shape index (κ3) is 4.69. The second-order valence-electron chi connectivity index (χ2n) is 5.78. The zero-order valence-electron chi connectivity index (χ0n) is 15.1. The summed E-state index contributed by atoms with van der Waals surface area (Å²) < 4.78 is 4.66. The average molecular weight is 354 g/mol. The summed E-state index contributed by atoms with van der Waals surface area (Å²) in [7, 11) is 1.31. The number of hydrogen-bond acceptors (Lipinski definition) is 4. The number of benzene rings is 2. The summed E-state index contributed by atoms with van der Waals surface area (Å²) in [5.41, 5.74) is 2.57. The first-order chi connectivity index (χ1) is 12.4. The van der Waals surface area contributed by atoms with Gasteiger partial charge in [-0.3, -0.25) is 9.59 Å². The molecule has 2 aromatic carbocycles. The van der Waals surface area contributed by atoms with Crippen molar-refractivity contribution in [1.29, 1.82) is 0 Å². The monoisotopic (exact) mass is 354 g/mol. The lowest BCUT2D eigenvalue weighted by atomic mass is 10.1. The minimum absolute atomic E-state index is 0.152. The standard InChI is InChI=1S/C20H22N2O4/c1-14-6-4-5-7-18(14)19(24)21-12-13-22(15(2)23)17-10-8-16(9-11-17)20(25)26-3/h4-11H,12-13H2,1-3H3,(H,21,24). The van der Waals surface area contributed by atoms with Gasteiger partial charge in [-0.15, -0.1) is 0 Å². The Bertz CT molecular complexity index is 800. The summed E-state index contributed by atoms with van der Waals surface area (Å²) >= 11 is 0. The molecule has 0 saturated heterocycles. The fourth-order valence-corrected chi connectivity index (χ4v) is 2.57. The number of nitrogens with zero attached hydrogens (tertiary/aromatic N) is 1. The van der Waals surface area contributed by atoms with E-state index in [1.807, 2.05) is 25.1 Å². The molecule has 2 rings (SSSR count). The maximum Gasteiger partial charge on any atom is 0.337 e. The van der Waals surface area contributed by atoms with Crippen molar-refractivity contribution in [1.82, 2.24) is 5.32 Å². The third-order valence-electron chi connectivity index (χ3n) is 3.99. The number of carbonyl (C=O) groups is 3. The van der Waals surface area contributed by atoms with Crippen LogP contribution in [0, 0.1) is 6.92 Å². The van der Waals surface area contributed by atoms with Crippen molar-refractivity contribution in [2.24, 2.45) is 0 Å². The van der Waals surface area contributed by atoms with Crippen molar-refractivity contribution in [2.75, 3.05) is 25.1 Å². The highest BCUT2D eigenvalue weighted by atomic mass is 16.5. The van der Waals surface area contributed by atoms with E-state index in [1.165, 1.54) is 14.0 Å². The maximum absolute atomic E-state index is 12.2. The van der Waals surface area contributed by atoms with E-state index >= 15 is 0 Å². The van der Waals surface area contributed by atoms with Crippen LogP contribution in [-0.4, -0.2) is 38.0 Å². The van der Waals surface area contributed by atoms with E-state index in [9.17, 15) is 14.4 Å². The Morgan fingerprint density at radius 2 is 1.69 bits per heavy atom. The number of amides is 2. The minimum atomic E-state index is -0.434. The highest BCUT2D eigenvalue weighted by Crippen LogP contribution is 2.16. The van der Waals surface area contributed by atoms with Gasteiger partial charge in [0, 0.05) is 31.3 Å².